The van der Waals surface area contributed by atoms with Crippen LogP contribution in [0, 0.1) is 17.5 Å². The Bertz CT molecular complexity index is 609. The Kier molecular flexibility index (Phi) is 4.07. The molecule has 0 unspecified atom stereocenters. The van der Waals surface area contributed by atoms with Gasteiger partial charge in [0.15, 0.2) is 17.5 Å². The van der Waals surface area contributed by atoms with Gasteiger partial charge in [-0.25, -0.2) is 23.1 Å². The maximum Gasteiger partial charge on any atom is 0.196 e. The van der Waals surface area contributed by atoms with E-state index in [9.17, 15) is 13.2 Å². The van der Waals surface area contributed by atoms with Gasteiger partial charge in [0.05, 0.1) is 5.69 Å². The molecule has 106 valence electrons. The van der Waals surface area contributed by atoms with Crippen molar-refractivity contribution in [3.8, 4) is 0 Å². The van der Waals surface area contributed by atoms with E-state index in [4.69, 9.17) is 0 Å². The standard InChI is InChI=1S/C13H13F3N4/c1-3-9-19-10(17-2)6-11(20-9)18-8-5-4-7(14)12(15)13(8)16/h4-6H,3H2,1-2H3,(H2,17,18,19,20). The fraction of sp³-hybridized carbons (Fsp3) is 0.231. The average molecular weight is 282 g/mol. The summed E-state index contributed by atoms with van der Waals surface area (Å²) in [4.78, 5) is 8.32. The number of anilines is 3. The normalized spacial score (nSPS) is 10.4. The minimum absolute atomic E-state index is 0.188. The number of nitrogens with zero attached hydrogens (tertiary/aromatic N) is 2. The van der Waals surface area contributed by atoms with Crippen molar-refractivity contribution in [3.05, 3.63) is 41.5 Å². The Morgan fingerprint density at radius 2 is 1.75 bits per heavy atom. The van der Waals surface area contributed by atoms with Gasteiger partial charge in [0.1, 0.15) is 17.5 Å². The van der Waals surface area contributed by atoms with Crippen LogP contribution in [0.15, 0.2) is 18.2 Å². The summed E-state index contributed by atoms with van der Waals surface area (Å²) in [6.45, 7) is 1.87. The highest BCUT2D eigenvalue weighted by atomic mass is 19.2. The van der Waals surface area contributed by atoms with Crippen molar-refractivity contribution in [1.82, 2.24) is 9.97 Å². The number of nitrogens with one attached hydrogen (secondary N) is 2. The van der Waals surface area contributed by atoms with Gasteiger partial charge in [-0.3, -0.25) is 0 Å². The summed E-state index contributed by atoms with van der Waals surface area (Å²) in [6, 6.07) is 3.50. The van der Waals surface area contributed by atoms with Gasteiger partial charge in [0.2, 0.25) is 0 Å². The third-order valence-electron chi connectivity index (χ3n) is 2.64. The smallest absolute Gasteiger partial charge is 0.196 e. The Balaban J connectivity index is 2.37. The molecule has 4 nitrogen and oxygen atoms in total. The van der Waals surface area contributed by atoms with E-state index in [-0.39, 0.29) is 5.69 Å². The van der Waals surface area contributed by atoms with Crippen molar-refractivity contribution in [1.29, 1.82) is 0 Å². The van der Waals surface area contributed by atoms with Gasteiger partial charge in [-0.15, -0.1) is 0 Å². The lowest BCUT2D eigenvalue weighted by atomic mass is 10.2. The van der Waals surface area contributed by atoms with E-state index in [0.29, 0.717) is 23.9 Å². The lowest BCUT2D eigenvalue weighted by Gasteiger charge is -2.10. The van der Waals surface area contributed by atoms with Gasteiger partial charge < -0.3 is 10.6 Å². The van der Waals surface area contributed by atoms with E-state index < -0.39 is 17.5 Å². The quantitative estimate of drug-likeness (QED) is 0.845. The third-order valence-corrected chi connectivity index (χ3v) is 2.64. The first-order valence-electron chi connectivity index (χ1n) is 6.01. The molecule has 0 atom stereocenters. The van der Waals surface area contributed by atoms with E-state index in [1.807, 2.05) is 6.92 Å². The number of rotatable bonds is 4. The summed E-state index contributed by atoms with van der Waals surface area (Å²) in [5.74, 6) is -2.65. The van der Waals surface area contributed by atoms with E-state index >= 15 is 0 Å². The number of hydrogen-bond donors (Lipinski definition) is 2. The Labute approximate surface area is 114 Å². The maximum atomic E-state index is 13.6. The Morgan fingerprint density at radius 3 is 2.40 bits per heavy atom. The van der Waals surface area contributed by atoms with Crippen molar-refractivity contribution in [2.24, 2.45) is 0 Å². The van der Waals surface area contributed by atoms with Crippen molar-refractivity contribution < 1.29 is 13.2 Å². The fourth-order valence-electron chi connectivity index (χ4n) is 1.61. The molecule has 0 bridgehead atoms. The predicted molar refractivity (Wildman–Crippen MR) is 70.6 cm³/mol. The van der Waals surface area contributed by atoms with Gasteiger partial charge >= 0.3 is 0 Å². The number of aromatic nitrogens is 2. The molecule has 0 saturated heterocycles. The molecular formula is C13H13F3N4. The van der Waals surface area contributed by atoms with Gasteiger partial charge in [-0.1, -0.05) is 6.92 Å². The number of hydrogen-bond acceptors (Lipinski definition) is 4. The summed E-state index contributed by atoms with van der Waals surface area (Å²) in [6.07, 6.45) is 0.588. The molecule has 2 aromatic rings. The molecule has 0 radical (unpaired) electrons. The first-order valence-corrected chi connectivity index (χ1v) is 6.01. The third kappa shape index (κ3) is 2.81. The Morgan fingerprint density at radius 1 is 1.05 bits per heavy atom. The SMILES string of the molecule is CCc1nc(NC)cc(Nc2ccc(F)c(F)c2F)n1. The molecule has 0 fully saturated rings. The zero-order valence-corrected chi connectivity index (χ0v) is 11.0. The zero-order valence-electron chi connectivity index (χ0n) is 11.0. The lowest BCUT2D eigenvalue weighted by molar-refractivity contribution is 0.449. The highest BCUT2D eigenvalue weighted by Crippen LogP contribution is 2.23. The molecule has 20 heavy (non-hydrogen) atoms. The molecule has 2 N–H and O–H groups in total. The van der Waals surface area contributed by atoms with Crippen LogP contribution >= 0.6 is 0 Å². The summed E-state index contributed by atoms with van der Waals surface area (Å²) in [7, 11) is 1.68. The van der Waals surface area contributed by atoms with E-state index in [2.05, 4.69) is 20.6 Å². The molecule has 1 aromatic carbocycles. The zero-order chi connectivity index (χ0) is 14.7. The van der Waals surface area contributed by atoms with Crippen LogP contribution in [-0.4, -0.2) is 17.0 Å². The van der Waals surface area contributed by atoms with Crippen LogP contribution < -0.4 is 10.6 Å². The van der Waals surface area contributed by atoms with E-state index in [1.165, 1.54) is 0 Å². The summed E-state index contributed by atoms with van der Waals surface area (Å²) in [5, 5.41) is 5.46. The van der Waals surface area contributed by atoms with Crippen molar-refractivity contribution >= 4 is 17.3 Å². The maximum absolute atomic E-state index is 13.6. The molecule has 2 rings (SSSR count). The minimum atomic E-state index is -1.52. The highest BCUT2D eigenvalue weighted by molar-refractivity contribution is 5.59. The second-order valence-electron chi connectivity index (χ2n) is 4.01. The summed E-state index contributed by atoms with van der Waals surface area (Å²) in [5.41, 5.74) is -0.188. The van der Waals surface area contributed by atoms with E-state index in [1.54, 1.807) is 13.1 Å². The molecule has 0 aliphatic heterocycles. The van der Waals surface area contributed by atoms with Crippen LogP contribution in [-0.2, 0) is 6.42 Å². The lowest BCUT2D eigenvalue weighted by Crippen LogP contribution is -2.05. The van der Waals surface area contributed by atoms with Crippen LogP contribution in [0.1, 0.15) is 12.7 Å². The second kappa shape index (κ2) is 5.77. The molecule has 0 amide bonds. The first-order chi connectivity index (χ1) is 9.55. The molecular weight excluding hydrogens is 269 g/mol. The average Bonchev–Trinajstić information content (AvgIpc) is 2.47. The number of benzene rings is 1. The van der Waals surface area contributed by atoms with Gasteiger partial charge in [-0.2, -0.15) is 0 Å². The van der Waals surface area contributed by atoms with Crippen molar-refractivity contribution in [2.45, 2.75) is 13.3 Å². The number of halogens is 3. The topological polar surface area (TPSA) is 49.8 Å². The largest absolute Gasteiger partial charge is 0.373 e. The molecule has 1 aromatic heterocycles. The molecule has 1 heterocycles. The van der Waals surface area contributed by atoms with Gasteiger partial charge in [0.25, 0.3) is 0 Å². The second-order valence-corrected chi connectivity index (χ2v) is 4.01. The van der Waals surface area contributed by atoms with Crippen molar-refractivity contribution in [2.75, 3.05) is 17.7 Å². The molecule has 7 heteroatoms. The van der Waals surface area contributed by atoms with Gasteiger partial charge in [-0.05, 0) is 12.1 Å². The summed E-state index contributed by atoms with van der Waals surface area (Å²) >= 11 is 0. The minimum Gasteiger partial charge on any atom is -0.373 e. The van der Waals surface area contributed by atoms with E-state index in [0.717, 1.165) is 12.1 Å². The molecule has 0 aliphatic rings. The predicted octanol–water partition coefficient (Wildman–Crippen LogP) is 3.24. The van der Waals surface area contributed by atoms with Crippen molar-refractivity contribution in [3.63, 3.8) is 0 Å². The first kappa shape index (κ1) is 14.1. The summed E-state index contributed by atoms with van der Waals surface area (Å²) < 4.78 is 39.6. The van der Waals surface area contributed by atoms with Gasteiger partial charge in [0, 0.05) is 19.5 Å². The molecule has 0 aliphatic carbocycles. The number of aryl methyl sites for hydroxylation is 1. The van der Waals surface area contributed by atoms with Crippen LogP contribution in [0.4, 0.5) is 30.5 Å². The molecule has 0 saturated carbocycles. The van der Waals surface area contributed by atoms with Crippen LogP contribution in [0.3, 0.4) is 0 Å². The molecule has 0 spiro atoms. The van der Waals surface area contributed by atoms with Crippen LogP contribution in [0.2, 0.25) is 0 Å². The Hall–Kier alpha value is -2.31. The monoisotopic (exact) mass is 282 g/mol. The van der Waals surface area contributed by atoms with Crippen LogP contribution in [0.25, 0.3) is 0 Å². The van der Waals surface area contributed by atoms with Crippen LogP contribution in [0.5, 0.6) is 0 Å². The fourth-order valence-corrected chi connectivity index (χ4v) is 1.61. The highest BCUT2D eigenvalue weighted by Gasteiger charge is 2.14.